The van der Waals surface area contributed by atoms with Crippen molar-refractivity contribution in [3.05, 3.63) is 64.7 Å². The fraction of sp³-hybridized carbons (Fsp3) is 0.350. The number of benzene rings is 2. The molecule has 150 valence electrons. The molecule has 1 fully saturated rings. The summed E-state index contributed by atoms with van der Waals surface area (Å²) in [5, 5.41) is 9.25. The van der Waals surface area contributed by atoms with Crippen molar-refractivity contribution in [2.45, 2.75) is 48.5 Å². The van der Waals surface area contributed by atoms with Crippen LogP contribution in [0.1, 0.15) is 41.6 Å². The molecule has 0 amide bonds. The quantitative estimate of drug-likeness (QED) is 0.654. The summed E-state index contributed by atoms with van der Waals surface area (Å²) >= 11 is 12.4. The van der Waals surface area contributed by atoms with Crippen molar-refractivity contribution in [1.29, 1.82) is 0 Å². The van der Waals surface area contributed by atoms with Gasteiger partial charge in [-0.15, -0.1) is 11.6 Å². The fourth-order valence-corrected chi connectivity index (χ4v) is 5.73. The number of carboxylic acids is 1. The standard InChI is InChI=1S/C20H21Cl2NO4S/c21-16-9-11-17(12-10-16)28(26,27)23(19-4-2-1-3-18(19)22)13-14-5-7-15(8-6-14)20(24)25/h5-12,18-19H,1-4,13H2,(H,24,25). The number of halogens is 2. The van der Waals surface area contributed by atoms with Gasteiger partial charge in [-0.2, -0.15) is 4.31 Å². The SMILES string of the molecule is O=C(O)c1ccc(CN(C2CCCCC2Cl)S(=O)(=O)c2ccc(Cl)cc2)cc1. The van der Waals surface area contributed by atoms with Crippen molar-refractivity contribution in [2.75, 3.05) is 0 Å². The van der Waals surface area contributed by atoms with E-state index in [1.165, 1.54) is 28.6 Å². The number of carbonyl (C=O) groups is 1. The van der Waals surface area contributed by atoms with Crippen molar-refractivity contribution in [1.82, 2.24) is 4.31 Å². The smallest absolute Gasteiger partial charge is 0.335 e. The van der Waals surface area contributed by atoms with Crippen molar-refractivity contribution in [3.8, 4) is 0 Å². The molecule has 1 aliphatic rings. The number of alkyl halides is 1. The molecule has 2 aromatic rings. The highest BCUT2D eigenvalue weighted by molar-refractivity contribution is 7.89. The zero-order chi connectivity index (χ0) is 20.3. The van der Waals surface area contributed by atoms with E-state index >= 15 is 0 Å². The lowest BCUT2D eigenvalue weighted by atomic mass is 9.94. The second-order valence-corrected chi connectivity index (χ2v) is 9.76. The molecule has 5 nitrogen and oxygen atoms in total. The van der Waals surface area contributed by atoms with Crippen LogP contribution in [0.3, 0.4) is 0 Å². The first kappa shape index (κ1) is 21.1. The Balaban J connectivity index is 1.97. The number of nitrogens with zero attached hydrogens (tertiary/aromatic N) is 1. The molecule has 0 bridgehead atoms. The molecule has 2 aromatic carbocycles. The van der Waals surface area contributed by atoms with Crippen LogP contribution in [0.4, 0.5) is 0 Å². The molecule has 1 N–H and O–H groups in total. The normalized spacial score (nSPS) is 20.2. The maximum absolute atomic E-state index is 13.4. The number of sulfonamides is 1. The minimum atomic E-state index is -3.80. The third-order valence-corrected chi connectivity index (χ3v) is 7.62. The van der Waals surface area contributed by atoms with Gasteiger partial charge in [0, 0.05) is 17.6 Å². The molecule has 0 heterocycles. The molecule has 0 aromatic heterocycles. The lowest BCUT2D eigenvalue weighted by Crippen LogP contribution is -2.46. The van der Waals surface area contributed by atoms with E-state index in [1.54, 1.807) is 24.3 Å². The molecule has 1 aliphatic carbocycles. The van der Waals surface area contributed by atoms with Gasteiger partial charge in [0.15, 0.2) is 0 Å². The fourth-order valence-electron chi connectivity index (χ4n) is 3.45. The van der Waals surface area contributed by atoms with E-state index in [2.05, 4.69) is 0 Å². The molecular weight excluding hydrogens is 421 g/mol. The second-order valence-electron chi connectivity index (χ2n) is 6.87. The van der Waals surface area contributed by atoms with Crippen LogP contribution in [-0.4, -0.2) is 35.2 Å². The highest BCUT2D eigenvalue weighted by atomic mass is 35.5. The van der Waals surface area contributed by atoms with Crippen LogP contribution in [0.5, 0.6) is 0 Å². The van der Waals surface area contributed by atoms with Gasteiger partial charge in [0.1, 0.15) is 0 Å². The summed E-state index contributed by atoms with van der Waals surface area (Å²) in [6, 6.07) is 12.0. The molecule has 0 saturated heterocycles. The Morgan fingerprint density at radius 1 is 1.04 bits per heavy atom. The molecule has 1 saturated carbocycles. The third kappa shape index (κ3) is 4.69. The number of rotatable bonds is 6. The molecule has 28 heavy (non-hydrogen) atoms. The van der Waals surface area contributed by atoms with E-state index in [0.717, 1.165) is 19.3 Å². The van der Waals surface area contributed by atoms with Gasteiger partial charge >= 0.3 is 5.97 Å². The third-order valence-electron chi connectivity index (χ3n) is 4.98. The maximum atomic E-state index is 13.4. The summed E-state index contributed by atoms with van der Waals surface area (Å²) in [4.78, 5) is 11.2. The zero-order valence-electron chi connectivity index (χ0n) is 15.1. The Bertz CT molecular complexity index is 930. The summed E-state index contributed by atoms with van der Waals surface area (Å²) in [6.07, 6.45) is 3.34. The van der Waals surface area contributed by atoms with Crippen molar-refractivity contribution < 1.29 is 18.3 Å². The number of hydrogen-bond donors (Lipinski definition) is 1. The van der Waals surface area contributed by atoms with E-state index in [9.17, 15) is 13.2 Å². The van der Waals surface area contributed by atoms with Crippen LogP contribution in [0.2, 0.25) is 5.02 Å². The number of aromatic carboxylic acids is 1. The number of carboxylic acid groups (broad SMARTS) is 1. The first-order valence-electron chi connectivity index (χ1n) is 9.03. The summed E-state index contributed by atoms with van der Waals surface area (Å²) in [7, 11) is -3.80. The summed E-state index contributed by atoms with van der Waals surface area (Å²) in [6.45, 7) is 0.124. The average molecular weight is 442 g/mol. The molecule has 2 unspecified atom stereocenters. The predicted octanol–water partition coefficient (Wildman–Crippen LogP) is 4.78. The monoisotopic (exact) mass is 441 g/mol. The van der Waals surface area contributed by atoms with Crippen molar-refractivity contribution in [2.24, 2.45) is 0 Å². The second kappa shape index (κ2) is 8.82. The summed E-state index contributed by atoms with van der Waals surface area (Å²) in [5.41, 5.74) is 0.862. The molecule has 0 spiro atoms. The topological polar surface area (TPSA) is 74.7 Å². The summed E-state index contributed by atoms with van der Waals surface area (Å²) in [5.74, 6) is -1.02. The lowest BCUT2D eigenvalue weighted by Gasteiger charge is -2.36. The minimum Gasteiger partial charge on any atom is -0.478 e. The largest absolute Gasteiger partial charge is 0.478 e. The molecule has 8 heteroatoms. The zero-order valence-corrected chi connectivity index (χ0v) is 17.4. The summed E-state index contributed by atoms with van der Waals surface area (Å²) < 4.78 is 28.2. The van der Waals surface area contributed by atoms with Crippen LogP contribution in [0, 0.1) is 0 Å². The van der Waals surface area contributed by atoms with Crippen LogP contribution < -0.4 is 0 Å². The Hall–Kier alpha value is -1.60. The first-order chi connectivity index (χ1) is 13.3. The lowest BCUT2D eigenvalue weighted by molar-refractivity contribution is 0.0697. The van der Waals surface area contributed by atoms with Crippen molar-refractivity contribution >= 4 is 39.2 Å². The van der Waals surface area contributed by atoms with E-state index in [0.29, 0.717) is 17.0 Å². The van der Waals surface area contributed by atoms with Gasteiger partial charge in [0.2, 0.25) is 10.0 Å². The minimum absolute atomic E-state index is 0.124. The van der Waals surface area contributed by atoms with Gasteiger partial charge in [0.25, 0.3) is 0 Å². The predicted molar refractivity (Wildman–Crippen MR) is 109 cm³/mol. The molecular formula is C20H21Cl2NO4S. The maximum Gasteiger partial charge on any atom is 0.335 e. The van der Waals surface area contributed by atoms with Crippen LogP contribution in [-0.2, 0) is 16.6 Å². The molecule has 3 rings (SSSR count). The van der Waals surface area contributed by atoms with Gasteiger partial charge < -0.3 is 5.11 Å². The van der Waals surface area contributed by atoms with Gasteiger partial charge in [-0.3, -0.25) is 0 Å². The van der Waals surface area contributed by atoms with E-state index < -0.39 is 16.0 Å². The Morgan fingerprint density at radius 3 is 2.21 bits per heavy atom. The van der Waals surface area contributed by atoms with Gasteiger partial charge in [-0.05, 0) is 54.8 Å². The van der Waals surface area contributed by atoms with Crippen molar-refractivity contribution in [3.63, 3.8) is 0 Å². The number of hydrogen-bond acceptors (Lipinski definition) is 3. The van der Waals surface area contributed by atoms with Crippen LogP contribution in [0.25, 0.3) is 0 Å². The Morgan fingerprint density at radius 2 is 1.64 bits per heavy atom. The molecule has 2 atom stereocenters. The Kier molecular flexibility index (Phi) is 6.65. The highest BCUT2D eigenvalue weighted by Crippen LogP contribution is 2.32. The Labute approximate surface area is 174 Å². The first-order valence-corrected chi connectivity index (χ1v) is 11.3. The van der Waals surface area contributed by atoms with E-state index in [4.69, 9.17) is 28.3 Å². The highest BCUT2D eigenvalue weighted by Gasteiger charge is 2.37. The molecule has 0 aliphatic heterocycles. The average Bonchev–Trinajstić information content (AvgIpc) is 2.67. The van der Waals surface area contributed by atoms with E-state index in [-0.39, 0.29) is 28.4 Å². The van der Waals surface area contributed by atoms with Crippen LogP contribution in [0.15, 0.2) is 53.4 Å². The van der Waals surface area contributed by atoms with Gasteiger partial charge in [-0.25, -0.2) is 13.2 Å². The van der Waals surface area contributed by atoms with Gasteiger partial charge in [-0.1, -0.05) is 36.6 Å². The van der Waals surface area contributed by atoms with Crippen LogP contribution >= 0.6 is 23.2 Å². The molecule has 0 radical (unpaired) electrons. The van der Waals surface area contributed by atoms with Gasteiger partial charge in [0.05, 0.1) is 15.8 Å². The van der Waals surface area contributed by atoms with E-state index in [1.807, 2.05) is 0 Å².